The molecule has 488 valence electrons. The molecule has 0 radical (unpaired) electrons. The summed E-state index contributed by atoms with van der Waals surface area (Å²) in [4.78, 5) is 30.7. The van der Waals surface area contributed by atoms with E-state index in [4.69, 9.17) is 29.9 Å². The van der Waals surface area contributed by atoms with Gasteiger partial charge in [0.2, 0.25) is 0 Å². The molecule has 0 unspecified atom stereocenters. The maximum Gasteiger partial charge on any atom is 0.164 e. The zero-order valence-electron chi connectivity index (χ0n) is 56.3. The highest BCUT2D eigenvalue weighted by Crippen LogP contribution is 2.46. The van der Waals surface area contributed by atoms with E-state index in [0.29, 0.717) is 34.9 Å². The molecule has 6 nitrogen and oxygen atoms in total. The monoisotopic (exact) mass is 1360 g/mol. The van der Waals surface area contributed by atoms with Gasteiger partial charge in [0.15, 0.2) is 34.9 Å². The number of hydrogen-bond donors (Lipinski definition) is 0. The first-order valence-electron chi connectivity index (χ1n) is 34.8. The van der Waals surface area contributed by atoms with Crippen LogP contribution in [0.25, 0.3) is 187 Å². The van der Waals surface area contributed by atoms with Crippen LogP contribution in [0.5, 0.6) is 0 Å². The van der Waals surface area contributed by atoms with Gasteiger partial charge in [0.25, 0.3) is 0 Å². The molecule has 19 rings (SSSR count). The third-order valence-electron chi connectivity index (χ3n) is 19.0. The molecule has 4 heterocycles. The highest BCUT2D eigenvalue weighted by atomic mass is 32.1. The molecule has 104 heavy (non-hydrogen) atoms. The van der Waals surface area contributed by atoms with Gasteiger partial charge >= 0.3 is 0 Å². The van der Waals surface area contributed by atoms with Crippen molar-refractivity contribution < 1.29 is 0 Å². The smallest absolute Gasteiger partial charge is 0.164 e. The molecule has 0 fully saturated rings. The normalized spacial score (nSPS) is 11.3. The second-order valence-electron chi connectivity index (χ2n) is 25.7. The van der Waals surface area contributed by atoms with Crippen LogP contribution in [0.1, 0.15) is 0 Å². The molecular weight excluding hydrogens is 1300 g/mol. The molecule has 0 saturated heterocycles. The first kappa shape index (κ1) is 63.0. The molecule has 8 heteroatoms. The Kier molecular flexibility index (Phi) is 17.0. The number of nitrogens with zero attached hydrogens (tertiary/aromatic N) is 6. The van der Waals surface area contributed by atoms with Crippen molar-refractivity contribution in [1.82, 2.24) is 29.9 Å². The summed E-state index contributed by atoms with van der Waals surface area (Å²) >= 11 is 3.62. The van der Waals surface area contributed by atoms with Crippen LogP contribution in [0.3, 0.4) is 0 Å². The minimum atomic E-state index is 0.650. The quantitative estimate of drug-likeness (QED) is 0.114. The van der Waals surface area contributed by atoms with Gasteiger partial charge in [-0.25, -0.2) is 29.9 Å². The zero-order chi connectivity index (χ0) is 69.1. The lowest BCUT2D eigenvalue weighted by atomic mass is 9.91. The molecule has 0 aliphatic rings. The van der Waals surface area contributed by atoms with Crippen molar-refractivity contribution in [2.24, 2.45) is 0 Å². The van der Waals surface area contributed by atoms with Crippen LogP contribution in [0.2, 0.25) is 0 Å². The Morgan fingerprint density at radius 3 is 0.663 bits per heavy atom. The molecule has 0 N–H and O–H groups in total. The van der Waals surface area contributed by atoms with Crippen LogP contribution < -0.4 is 0 Å². The lowest BCUT2D eigenvalue weighted by Gasteiger charge is -2.14. The van der Waals surface area contributed by atoms with E-state index in [1.807, 2.05) is 95.5 Å². The summed E-state index contributed by atoms with van der Waals surface area (Å²) in [5.41, 5.74) is 22.1. The number of benzene rings is 15. The van der Waals surface area contributed by atoms with Gasteiger partial charge in [0, 0.05) is 73.7 Å². The predicted molar refractivity (Wildman–Crippen MR) is 436 cm³/mol. The summed E-state index contributed by atoms with van der Waals surface area (Å²) in [6, 6.07) is 132. The lowest BCUT2D eigenvalue weighted by molar-refractivity contribution is 1.08. The molecule has 0 aliphatic heterocycles. The molecular formula is C96H62N6S2. The molecule has 15 aromatic carbocycles. The third-order valence-corrected chi connectivity index (χ3v) is 21.2. The SMILES string of the molecule is c1ccc(-c2cc(-c3ccccc3)cc(-c3cc(-c4nc(-c5ccccc5)nc(-c5ccccc5)n4)c4c(c3)sc3ccccc34)c2)cc1.c1ccc(-c2cc(-c3ccccc3)cc(-c3cccc(-c4cc(-c5nc(-c6ccccc6)nc(-c6ccccc6)n5)c5c(c4)sc4ccccc45)c3)c2)cc1. The van der Waals surface area contributed by atoms with E-state index in [2.05, 4.69) is 303 Å². The summed E-state index contributed by atoms with van der Waals surface area (Å²) < 4.78 is 4.86. The third kappa shape index (κ3) is 12.8. The van der Waals surface area contributed by atoms with Crippen molar-refractivity contribution in [1.29, 1.82) is 0 Å². The maximum absolute atomic E-state index is 5.20. The number of fused-ring (bicyclic) bond motifs is 6. The Balaban J connectivity index is 0.000000149. The van der Waals surface area contributed by atoms with Crippen LogP contribution in [-0.2, 0) is 0 Å². The van der Waals surface area contributed by atoms with Crippen LogP contribution in [0, 0.1) is 0 Å². The van der Waals surface area contributed by atoms with E-state index in [9.17, 15) is 0 Å². The van der Waals surface area contributed by atoms with E-state index in [1.54, 1.807) is 0 Å². The first-order chi connectivity index (χ1) is 51.5. The van der Waals surface area contributed by atoms with Crippen molar-refractivity contribution in [3.05, 3.63) is 376 Å². The Labute approximate surface area is 611 Å². The average molecular weight is 1360 g/mol. The van der Waals surface area contributed by atoms with Crippen molar-refractivity contribution in [2.75, 3.05) is 0 Å². The van der Waals surface area contributed by atoms with Crippen molar-refractivity contribution in [3.8, 4) is 146 Å². The maximum atomic E-state index is 5.20. The zero-order valence-corrected chi connectivity index (χ0v) is 57.9. The minimum Gasteiger partial charge on any atom is -0.208 e. The van der Waals surface area contributed by atoms with Gasteiger partial charge < -0.3 is 0 Å². The van der Waals surface area contributed by atoms with E-state index < -0.39 is 0 Å². The number of hydrogen-bond acceptors (Lipinski definition) is 8. The number of rotatable bonds is 13. The molecule has 0 aliphatic carbocycles. The summed E-state index contributed by atoms with van der Waals surface area (Å²) in [7, 11) is 0. The van der Waals surface area contributed by atoms with Crippen LogP contribution in [0.4, 0.5) is 0 Å². The van der Waals surface area contributed by atoms with E-state index >= 15 is 0 Å². The van der Waals surface area contributed by atoms with E-state index in [-0.39, 0.29) is 0 Å². The molecule has 4 aromatic heterocycles. The Bertz CT molecular complexity index is 6080. The van der Waals surface area contributed by atoms with E-state index in [1.165, 1.54) is 79.6 Å². The number of thiophene rings is 2. The summed E-state index contributed by atoms with van der Waals surface area (Å²) in [5, 5.41) is 4.73. The Morgan fingerprint density at radius 1 is 0.144 bits per heavy atom. The van der Waals surface area contributed by atoms with Gasteiger partial charge in [-0.3, -0.25) is 0 Å². The van der Waals surface area contributed by atoms with Gasteiger partial charge in [-0.2, -0.15) is 0 Å². The molecule has 19 aromatic rings. The molecule has 0 bridgehead atoms. The minimum absolute atomic E-state index is 0.650. The molecule has 0 amide bonds. The van der Waals surface area contributed by atoms with Crippen molar-refractivity contribution >= 4 is 63.0 Å². The highest BCUT2D eigenvalue weighted by molar-refractivity contribution is 7.26. The average Bonchev–Trinajstić information content (AvgIpc) is 1.56. The second kappa shape index (κ2) is 28.1. The fraction of sp³-hybridized carbons (Fsp3) is 0. The summed E-state index contributed by atoms with van der Waals surface area (Å²) in [6.45, 7) is 0. The Morgan fingerprint density at radius 2 is 0.356 bits per heavy atom. The first-order valence-corrected chi connectivity index (χ1v) is 36.4. The molecule has 0 saturated carbocycles. The van der Waals surface area contributed by atoms with E-state index in [0.717, 1.165) is 72.0 Å². The summed E-state index contributed by atoms with van der Waals surface area (Å²) in [5.74, 6) is 3.92. The van der Waals surface area contributed by atoms with Crippen molar-refractivity contribution in [3.63, 3.8) is 0 Å². The standard InChI is InChI=1S/C51H33N3S.C45H29N3S/c1-5-16-34(17-6-1)40-29-41(35-18-7-2-8-19-35)31-42(30-40)38-24-15-25-39(28-38)43-32-45(48-44-26-13-14-27-46(44)55-47(48)33-43)51-53-49(36-20-9-3-10-21-36)52-50(54-51)37-22-11-4-12-23-37;1-5-15-30(16-6-1)34-25-35(31-17-7-2-8-18-31)27-36(26-34)37-28-39(42-38-23-13-14-24-40(38)49-41(42)29-37)45-47-43(32-19-9-3-10-20-32)46-44(48-45)33-21-11-4-12-22-33/h1-33H;1-29H. The molecule has 0 spiro atoms. The second-order valence-corrected chi connectivity index (χ2v) is 27.9. The van der Waals surface area contributed by atoms with Crippen LogP contribution in [0.15, 0.2) is 376 Å². The van der Waals surface area contributed by atoms with Gasteiger partial charge in [0.1, 0.15) is 0 Å². The predicted octanol–water partition coefficient (Wildman–Crippen LogP) is 26.2. The Hall–Kier alpha value is -13.2. The van der Waals surface area contributed by atoms with Gasteiger partial charge in [-0.15, -0.1) is 22.7 Å². The fourth-order valence-electron chi connectivity index (χ4n) is 13.9. The topological polar surface area (TPSA) is 77.3 Å². The van der Waals surface area contributed by atoms with Gasteiger partial charge in [-0.1, -0.05) is 297 Å². The largest absolute Gasteiger partial charge is 0.208 e. The van der Waals surface area contributed by atoms with Crippen LogP contribution >= 0.6 is 22.7 Å². The van der Waals surface area contributed by atoms with Crippen LogP contribution in [-0.4, -0.2) is 29.9 Å². The fourth-order valence-corrected chi connectivity index (χ4v) is 16.3. The van der Waals surface area contributed by atoms with Gasteiger partial charge in [-0.05, 0) is 157 Å². The van der Waals surface area contributed by atoms with Crippen molar-refractivity contribution in [2.45, 2.75) is 0 Å². The lowest BCUT2D eigenvalue weighted by Crippen LogP contribution is -2.00. The van der Waals surface area contributed by atoms with Gasteiger partial charge in [0.05, 0.1) is 0 Å². The highest BCUT2D eigenvalue weighted by Gasteiger charge is 2.23. The summed E-state index contributed by atoms with van der Waals surface area (Å²) in [6.07, 6.45) is 0. The number of aromatic nitrogens is 6. The molecule has 0 atom stereocenters.